The van der Waals surface area contributed by atoms with Crippen LogP contribution in [0.15, 0.2) is 34.3 Å². The van der Waals surface area contributed by atoms with E-state index in [1.54, 1.807) is 18.9 Å². The van der Waals surface area contributed by atoms with Gasteiger partial charge in [0.05, 0.1) is 18.9 Å². The Morgan fingerprint density at radius 2 is 1.83 bits per heavy atom. The molecule has 8 heteroatoms. The fourth-order valence-electron chi connectivity index (χ4n) is 1.21. The average Bonchev–Trinajstić information content (AvgIpc) is 2.91. The van der Waals surface area contributed by atoms with Crippen LogP contribution in [0.3, 0.4) is 0 Å². The van der Waals surface area contributed by atoms with Crippen LogP contribution in [0.4, 0.5) is 0 Å². The van der Waals surface area contributed by atoms with E-state index in [0.29, 0.717) is 13.1 Å². The molecule has 2 rings (SSSR count). The molecule has 0 saturated heterocycles. The third kappa shape index (κ3) is 5.30. The van der Waals surface area contributed by atoms with Gasteiger partial charge in [-0.3, -0.25) is 0 Å². The minimum Gasteiger partial charge on any atom is -0.335 e. The molecule has 0 atom stereocenters. The molecule has 0 aliphatic heterocycles. The van der Waals surface area contributed by atoms with Gasteiger partial charge in [-0.1, -0.05) is 0 Å². The Hall–Kier alpha value is -0.700. The maximum absolute atomic E-state index is 5.32. The van der Waals surface area contributed by atoms with Crippen molar-refractivity contribution in [2.75, 3.05) is 13.1 Å². The first kappa shape index (κ1) is 15.4. The number of aromatic nitrogens is 4. The van der Waals surface area contributed by atoms with Gasteiger partial charge >= 0.3 is 0 Å². The minimum atomic E-state index is 0.648. The fraction of sp³-hybridized carbons (Fsp3) is 0.400. The van der Waals surface area contributed by atoms with Gasteiger partial charge in [-0.15, -0.1) is 0 Å². The van der Waals surface area contributed by atoms with Crippen LogP contribution in [0.5, 0.6) is 0 Å². The largest absolute Gasteiger partial charge is 0.335 e. The van der Waals surface area contributed by atoms with E-state index in [4.69, 9.17) is 11.5 Å². The number of nitrogens with zero attached hydrogens (tertiary/aromatic N) is 4. The molecule has 0 saturated carbocycles. The Morgan fingerprint density at radius 3 is 2.28 bits per heavy atom. The van der Waals surface area contributed by atoms with E-state index in [9.17, 15) is 0 Å². The Bertz CT molecular complexity index is 453. The summed E-state index contributed by atoms with van der Waals surface area (Å²) >= 11 is 6.54. The molecule has 0 amide bonds. The van der Waals surface area contributed by atoms with Gasteiger partial charge in [0.1, 0.15) is 9.21 Å². The minimum absolute atomic E-state index is 0.648. The zero-order valence-corrected chi connectivity index (χ0v) is 13.0. The molecular weight excluding hydrogens is 364 g/mol. The smallest absolute Gasteiger partial charge is 0.124 e. The number of rotatable bonds is 4. The SMILES string of the molecule is NCCn1cnc(Br)c1.NCCn1cncc1Br. The van der Waals surface area contributed by atoms with Crippen molar-refractivity contribution in [3.8, 4) is 0 Å². The fourth-order valence-corrected chi connectivity index (χ4v) is 1.95. The highest BCUT2D eigenvalue weighted by atomic mass is 79.9. The predicted molar refractivity (Wildman–Crippen MR) is 78.0 cm³/mol. The molecule has 2 aromatic heterocycles. The molecule has 0 radical (unpaired) electrons. The zero-order valence-electron chi connectivity index (χ0n) is 9.84. The van der Waals surface area contributed by atoms with Gasteiger partial charge in [0.2, 0.25) is 0 Å². The number of hydrogen-bond acceptors (Lipinski definition) is 4. The summed E-state index contributed by atoms with van der Waals surface area (Å²) in [4.78, 5) is 7.86. The van der Waals surface area contributed by atoms with Gasteiger partial charge < -0.3 is 20.6 Å². The standard InChI is InChI=1S/2C5H8BrN3/c6-5-3-9(2-1-7)4-8-5;6-5-3-8-4-9(5)2-1-7/h2*3-4H,1-2,7H2. The third-order valence-electron chi connectivity index (χ3n) is 2.02. The van der Waals surface area contributed by atoms with Crippen LogP contribution in [0, 0.1) is 0 Å². The Morgan fingerprint density at radius 1 is 1.11 bits per heavy atom. The van der Waals surface area contributed by atoms with Crippen molar-refractivity contribution in [3.05, 3.63) is 34.3 Å². The van der Waals surface area contributed by atoms with Gasteiger partial charge in [0.25, 0.3) is 0 Å². The molecule has 4 N–H and O–H groups in total. The summed E-state index contributed by atoms with van der Waals surface area (Å²) in [6, 6.07) is 0. The van der Waals surface area contributed by atoms with Gasteiger partial charge in [-0.05, 0) is 31.9 Å². The molecule has 0 bridgehead atoms. The molecule has 2 aromatic rings. The second-order valence-electron chi connectivity index (χ2n) is 3.42. The number of nitrogens with two attached hydrogens (primary N) is 2. The van der Waals surface area contributed by atoms with Crippen molar-refractivity contribution < 1.29 is 0 Å². The lowest BCUT2D eigenvalue weighted by Crippen LogP contribution is -2.08. The van der Waals surface area contributed by atoms with Gasteiger partial charge in [-0.2, -0.15) is 0 Å². The molecule has 0 spiro atoms. The van der Waals surface area contributed by atoms with Crippen molar-refractivity contribution in [2.24, 2.45) is 11.5 Å². The van der Waals surface area contributed by atoms with E-state index in [-0.39, 0.29) is 0 Å². The topological polar surface area (TPSA) is 87.7 Å². The first-order valence-electron chi connectivity index (χ1n) is 5.40. The summed E-state index contributed by atoms with van der Waals surface area (Å²) in [5, 5.41) is 0. The molecular formula is C10H16Br2N6. The van der Waals surface area contributed by atoms with Crippen molar-refractivity contribution >= 4 is 31.9 Å². The molecule has 6 nitrogen and oxygen atoms in total. The van der Waals surface area contributed by atoms with Gasteiger partial charge in [0, 0.05) is 32.4 Å². The van der Waals surface area contributed by atoms with Gasteiger partial charge in [-0.25, -0.2) is 9.97 Å². The molecule has 0 aliphatic carbocycles. The number of halogens is 2. The van der Waals surface area contributed by atoms with E-state index in [1.807, 2.05) is 15.3 Å². The van der Waals surface area contributed by atoms with Crippen LogP contribution < -0.4 is 11.5 Å². The molecule has 0 aromatic carbocycles. The lowest BCUT2D eigenvalue weighted by molar-refractivity contribution is 0.695. The van der Waals surface area contributed by atoms with Crippen LogP contribution in [0.2, 0.25) is 0 Å². The first-order chi connectivity index (χ1) is 8.67. The van der Waals surface area contributed by atoms with E-state index in [0.717, 1.165) is 22.3 Å². The van der Waals surface area contributed by atoms with Crippen molar-refractivity contribution in [1.29, 1.82) is 0 Å². The summed E-state index contributed by atoms with van der Waals surface area (Å²) in [6.45, 7) is 2.96. The summed E-state index contributed by atoms with van der Waals surface area (Å²) in [6.07, 6.45) is 7.14. The zero-order chi connectivity index (χ0) is 13.4. The van der Waals surface area contributed by atoms with E-state index in [2.05, 4.69) is 41.8 Å². The summed E-state index contributed by atoms with van der Waals surface area (Å²) in [7, 11) is 0. The van der Waals surface area contributed by atoms with Crippen LogP contribution in [0.1, 0.15) is 0 Å². The molecule has 2 heterocycles. The Labute approximate surface area is 123 Å². The van der Waals surface area contributed by atoms with E-state index < -0.39 is 0 Å². The second-order valence-corrected chi connectivity index (χ2v) is 5.05. The van der Waals surface area contributed by atoms with Crippen LogP contribution in [0.25, 0.3) is 0 Å². The average molecular weight is 380 g/mol. The summed E-state index contributed by atoms with van der Waals surface area (Å²) in [5.74, 6) is 0. The normalized spacial score (nSPS) is 10.0. The van der Waals surface area contributed by atoms with Crippen molar-refractivity contribution in [2.45, 2.75) is 13.1 Å². The van der Waals surface area contributed by atoms with Crippen LogP contribution in [-0.4, -0.2) is 32.2 Å². The Balaban J connectivity index is 0.000000180. The molecule has 0 unspecified atom stereocenters. The van der Waals surface area contributed by atoms with Crippen molar-refractivity contribution in [1.82, 2.24) is 19.1 Å². The highest BCUT2D eigenvalue weighted by Crippen LogP contribution is 2.06. The second kappa shape index (κ2) is 8.41. The van der Waals surface area contributed by atoms with Crippen LogP contribution in [-0.2, 0) is 13.1 Å². The predicted octanol–water partition coefficient (Wildman–Crippen LogP) is 1.21. The van der Waals surface area contributed by atoms with E-state index in [1.165, 1.54) is 0 Å². The quantitative estimate of drug-likeness (QED) is 0.835. The van der Waals surface area contributed by atoms with Crippen molar-refractivity contribution in [3.63, 3.8) is 0 Å². The molecule has 18 heavy (non-hydrogen) atoms. The maximum atomic E-state index is 5.32. The van der Waals surface area contributed by atoms with Gasteiger partial charge in [0.15, 0.2) is 0 Å². The lowest BCUT2D eigenvalue weighted by atomic mass is 10.6. The lowest BCUT2D eigenvalue weighted by Gasteiger charge is -1.97. The summed E-state index contributed by atoms with van der Waals surface area (Å²) in [5.41, 5.74) is 10.6. The molecule has 0 aliphatic rings. The summed E-state index contributed by atoms with van der Waals surface area (Å²) < 4.78 is 5.72. The maximum Gasteiger partial charge on any atom is 0.124 e. The molecule has 0 fully saturated rings. The first-order valence-corrected chi connectivity index (χ1v) is 6.99. The third-order valence-corrected chi connectivity index (χ3v) is 3.09. The highest BCUT2D eigenvalue weighted by molar-refractivity contribution is 9.10. The number of hydrogen-bond donors (Lipinski definition) is 2. The number of imidazole rings is 2. The molecule has 100 valence electrons. The monoisotopic (exact) mass is 378 g/mol. The van der Waals surface area contributed by atoms with Crippen LogP contribution >= 0.6 is 31.9 Å². The Kier molecular flexibility index (Phi) is 7.18. The highest BCUT2D eigenvalue weighted by Gasteiger charge is 1.93. The van der Waals surface area contributed by atoms with E-state index >= 15 is 0 Å².